The molecule has 0 amide bonds. The van der Waals surface area contributed by atoms with E-state index in [1.807, 2.05) is 18.3 Å². The normalized spacial score (nSPS) is 22.8. The molecule has 2 atom stereocenters. The zero-order valence-corrected chi connectivity index (χ0v) is 25.0. The molecule has 2 fully saturated rings. The van der Waals surface area contributed by atoms with E-state index in [0.29, 0.717) is 52.1 Å². The van der Waals surface area contributed by atoms with Crippen molar-refractivity contribution < 1.29 is 41.9 Å². The first-order chi connectivity index (χ1) is 20.3. The zero-order chi connectivity index (χ0) is 29.3. The Morgan fingerprint density at radius 1 is 1.12 bits per heavy atom. The number of sulfone groups is 1. The second-order valence-corrected chi connectivity index (χ2v) is 13.9. The van der Waals surface area contributed by atoms with E-state index in [9.17, 15) is 13.2 Å². The molecule has 2 saturated heterocycles. The van der Waals surface area contributed by atoms with Gasteiger partial charge < -0.3 is 23.7 Å². The Hall–Kier alpha value is -3.37. The van der Waals surface area contributed by atoms with E-state index in [0.717, 1.165) is 57.2 Å². The quantitative estimate of drug-likeness (QED) is 0.422. The van der Waals surface area contributed by atoms with Crippen LogP contribution in [0.1, 0.15) is 42.4 Å². The number of hydrogen-bond acceptors (Lipinski definition) is 8. The topological polar surface area (TPSA) is 112 Å². The number of allylic oxidation sites excluding steroid dienone is 2. The molecule has 0 bridgehead atoms. The number of aromatic nitrogens is 1. The van der Waals surface area contributed by atoms with Crippen molar-refractivity contribution in [2.24, 2.45) is 11.8 Å². The first-order valence-electron chi connectivity index (χ1n) is 14.6. The number of fused-ring (bicyclic) bond motifs is 4. The number of carbonyl (C=O) groups excluding carboxylic acids is 1. The molecular formula is C32H38NO8S+. The first-order valence-corrected chi connectivity index (χ1v) is 16.5. The molecule has 0 spiro atoms. The molecule has 1 aliphatic carbocycles. The molecule has 10 heteroatoms. The van der Waals surface area contributed by atoms with Gasteiger partial charge in [0.05, 0.1) is 67.8 Å². The maximum absolute atomic E-state index is 11.8. The summed E-state index contributed by atoms with van der Waals surface area (Å²) < 4.78 is 52.7. The van der Waals surface area contributed by atoms with Crippen molar-refractivity contribution in [3.63, 3.8) is 0 Å². The van der Waals surface area contributed by atoms with E-state index in [1.165, 1.54) is 7.11 Å². The van der Waals surface area contributed by atoms with Gasteiger partial charge in [-0.15, -0.1) is 0 Å². The lowest BCUT2D eigenvalue weighted by Gasteiger charge is -2.22. The van der Waals surface area contributed by atoms with Gasteiger partial charge >= 0.3 is 11.8 Å². The van der Waals surface area contributed by atoms with Gasteiger partial charge in [0, 0.05) is 18.8 Å². The Morgan fingerprint density at radius 2 is 1.95 bits per heavy atom. The second-order valence-electron chi connectivity index (χ2n) is 11.6. The Morgan fingerprint density at radius 3 is 2.76 bits per heavy atom. The number of carbonyl (C=O) groups is 1. The SMILES string of the molecule is COC(=O)C[C@@H]1COC2CC(OCc3c[nH+]c4c(c3)-c3c(C)cc(OCC5CCS(=O)(=O)CC5)cc3CCO4)=CC=C21. The smallest absolute Gasteiger partial charge is 0.374 e. The number of H-pyrrole nitrogens is 1. The maximum Gasteiger partial charge on any atom is 0.374 e. The van der Waals surface area contributed by atoms with Gasteiger partial charge in [-0.1, -0.05) is 6.08 Å². The van der Waals surface area contributed by atoms with Crippen LogP contribution < -0.4 is 14.5 Å². The van der Waals surface area contributed by atoms with Gasteiger partial charge in [-0.05, 0) is 72.2 Å². The average molecular weight is 597 g/mol. The highest BCUT2D eigenvalue weighted by Gasteiger charge is 2.35. The van der Waals surface area contributed by atoms with Gasteiger partial charge in [0.2, 0.25) is 0 Å². The second kappa shape index (κ2) is 12.1. The highest BCUT2D eigenvalue weighted by atomic mass is 32.2. The van der Waals surface area contributed by atoms with E-state index in [2.05, 4.69) is 30.1 Å². The predicted octanol–water partition coefficient (Wildman–Crippen LogP) is 3.92. The summed E-state index contributed by atoms with van der Waals surface area (Å²) in [6, 6.07) is 6.27. The third-order valence-corrected chi connectivity index (χ3v) is 10.4. The van der Waals surface area contributed by atoms with Gasteiger partial charge in [-0.3, -0.25) is 4.79 Å². The fourth-order valence-corrected chi connectivity index (χ4v) is 7.87. The molecule has 1 aromatic carbocycles. The molecule has 4 heterocycles. The van der Waals surface area contributed by atoms with E-state index >= 15 is 0 Å². The molecule has 224 valence electrons. The Kier molecular flexibility index (Phi) is 8.27. The number of hydrogen-bond donors (Lipinski definition) is 0. The van der Waals surface area contributed by atoms with E-state index in [4.69, 9.17) is 23.7 Å². The van der Waals surface area contributed by atoms with E-state index in [-0.39, 0.29) is 35.4 Å². The number of aromatic amines is 1. The van der Waals surface area contributed by atoms with E-state index in [1.54, 1.807) is 0 Å². The summed E-state index contributed by atoms with van der Waals surface area (Å²) in [4.78, 5) is 15.1. The van der Waals surface area contributed by atoms with Gasteiger partial charge in [-0.2, -0.15) is 4.98 Å². The van der Waals surface area contributed by atoms with Crippen LogP contribution >= 0.6 is 0 Å². The molecule has 1 unspecified atom stereocenters. The van der Waals surface area contributed by atoms with Crippen LogP contribution in [0.5, 0.6) is 11.6 Å². The number of pyridine rings is 1. The van der Waals surface area contributed by atoms with Crippen LogP contribution in [0.4, 0.5) is 0 Å². The molecule has 1 aromatic heterocycles. The summed E-state index contributed by atoms with van der Waals surface area (Å²) in [6.07, 6.45) is 8.90. The summed E-state index contributed by atoms with van der Waals surface area (Å²) in [5.74, 6) is 2.99. The van der Waals surface area contributed by atoms with Gasteiger partial charge in [0.1, 0.15) is 22.2 Å². The van der Waals surface area contributed by atoms with Crippen molar-refractivity contribution in [2.45, 2.75) is 51.7 Å². The molecule has 42 heavy (non-hydrogen) atoms. The third kappa shape index (κ3) is 6.34. The number of esters is 1. The summed E-state index contributed by atoms with van der Waals surface area (Å²) >= 11 is 0. The van der Waals surface area contributed by atoms with Crippen molar-refractivity contribution >= 4 is 15.8 Å². The molecule has 0 radical (unpaired) electrons. The van der Waals surface area contributed by atoms with Crippen molar-refractivity contribution in [1.82, 2.24) is 0 Å². The fraction of sp³-hybridized carbons (Fsp3) is 0.500. The number of methoxy groups -OCH3 is 1. The number of benzene rings is 1. The fourth-order valence-electron chi connectivity index (χ4n) is 6.28. The summed E-state index contributed by atoms with van der Waals surface area (Å²) in [7, 11) is -1.47. The maximum atomic E-state index is 11.8. The Labute approximate surface area is 246 Å². The molecule has 9 nitrogen and oxygen atoms in total. The Bertz CT molecular complexity index is 1520. The van der Waals surface area contributed by atoms with Crippen LogP contribution in [0.2, 0.25) is 0 Å². The van der Waals surface area contributed by atoms with Gasteiger partial charge in [0.25, 0.3) is 0 Å². The monoisotopic (exact) mass is 596 g/mol. The standard InChI is InChI=1S/C32H37NO8S/c1-20-11-26(40-17-21-6-9-42(35,36)10-7-21)13-23-5-8-38-32-28(31(20)23)12-22(16-33-32)18-39-25-3-4-27-24(14-30(34)37-2)19-41-29(27)15-25/h3-4,11-13,16,21,24,29H,5-10,14-15,17-19H2,1-2H3/p+1/t24-,29?/m1/s1. The van der Waals surface area contributed by atoms with Crippen LogP contribution in [0.25, 0.3) is 11.1 Å². The lowest BCUT2D eigenvalue weighted by Crippen LogP contribution is -2.26. The first kappa shape index (κ1) is 28.7. The van der Waals surface area contributed by atoms with Gasteiger partial charge in [0.15, 0.2) is 6.20 Å². The predicted molar refractivity (Wildman–Crippen MR) is 155 cm³/mol. The molecular weight excluding hydrogens is 558 g/mol. The summed E-state index contributed by atoms with van der Waals surface area (Å²) in [6.45, 7) is 4.08. The van der Waals surface area contributed by atoms with Crippen LogP contribution in [0.3, 0.4) is 0 Å². The van der Waals surface area contributed by atoms with Crippen LogP contribution in [0, 0.1) is 18.8 Å². The van der Waals surface area contributed by atoms with Crippen molar-refractivity contribution in [3.8, 4) is 22.8 Å². The van der Waals surface area contributed by atoms with Crippen molar-refractivity contribution in [1.29, 1.82) is 0 Å². The minimum Gasteiger partial charge on any atom is -0.493 e. The minimum atomic E-state index is -2.88. The molecule has 0 saturated carbocycles. The molecule has 6 rings (SSSR count). The van der Waals surface area contributed by atoms with Crippen molar-refractivity contribution in [3.05, 3.63) is 64.6 Å². The molecule has 1 N–H and O–H groups in total. The zero-order valence-electron chi connectivity index (χ0n) is 24.1. The number of aryl methyl sites for hydroxylation is 1. The van der Waals surface area contributed by atoms with E-state index < -0.39 is 9.84 Å². The summed E-state index contributed by atoms with van der Waals surface area (Å²) in [5.41, 5.74) is 6.51. The van der Waals surface area contributed by atoms with Crippen LogP contribution in [0.15, 0.2) is 47.9 Å². The highest BCUT2D eigenvalue weighted by molar-refractivity contribution is 7.91. The minimum absolute atomic E-state index is 0.0553. The average Bonchev–Trinajstić information content (AvgIpc) is 3.27. The Balaban J connectivity index is 1.14. The molecule has 4 aliphatic rings. The summed E-state index contributed by atoms with van der Waals surface area (Å²) in [5, 5.41) is 0. The molecule has 2 aromatic rings. The largest absolute Gasteiger partial charge is 0.493 e. The van der Waals surface area contributed by atoms with Crippen LogP contribution in [-0.4, -0.2) is 58.9 Å². The van der Waals surface area contributed by atoms with Crippen molar-refractivity contribution in [2.75, 3.05) is 38.4 Å². The number of rotatable bonds is 8. The highest BCUT2D eigenvalue weighted by Crippen LogP contribution is 2.39. The lowest BCUT2D eigenvalue weighted by molar-refractivity contribution is -0.394. The number of nitrogens with one attached hydrogen (secondary N) is 1. The molecule has 3 aliphatic heterocycles. The van der Waals surface area contributed by atoms with Gasteiger partial charge in [-0.25, -0.2) is 8.42 Å². The lowest BCUT2D eigenvalue weighted by atomic mass is 9.90. The third-order valence-electron chi connectivity index (χ3n) is 8.66. The van der Waals surface area contributed by atoms with Crippen LogP contribution in [-0.2, 0) is 41.9 Å². The number of ether oxygens (including phenoxy) is 5.